The second-order valence-electron chi connectivity index (χ2n) is 6.31. The van der Waals surface area contributed by atoms with Crippen molar-refractivity contribution in [3.63, 3.8) is 0 Å². The fraction of sp³-hybridized carbons (Fsp3) is 0.286. The first-order valence-corrected chi connectivity index (χ1v) is 8.66. The highest BCUT2D eigenvalue weighted by atomic mass is 16.5. The van der Waals surface area contributed by atoms with Crippen LogP contribution in [0.1, 0.15) is 23.7 Å². The molecule has 0 bridgehead atoms. The minimum Gasteiger partial charge on any atom is -0.497 e. The van der Waals surface area contributed by atoms with E-state index < -0.39 is 0 Å². The van der Waals surface area contributed by atoms with Crippen molar-refractivity contribution in [3.8, 4) is 11.5 Å². The maximum absolute atomic E-state index is 11.3. The quantitative estimate of drug-likeness (QED) is 0.545. The lowest BCUT2D eigenvalue weighted by Crippen LogP contribution is -2.06. The van der Waals surface area contributed by atoms with Crippen LogP contribution >= 0.6 is 0 Å². The molecule has 0 aliphatic carbocycles. The van der Waals surface area contributed by atoms with Crippen molar-refractivity contribution in [1.82, 2.24) is 4.57 Å². The molecule has 0 spiro atoms. The van der Waals surface area contributed by atoms with Gasteiger partial charge in [0.15, 0.2) is 0 Å². The van der Waals surface area contributed by atoms with Crippen molar-refractivity contribution >= 4 is 16.9 Å². The summed E-state index contributed by atoms with van der Waals surface area (Å²) in [6, 6.07) is 13.8. The monoisotopic (exact) mass is 352 g/mol. The molecule has 2 aromatic carbocycles. The number of hydrogen-bond donors (Lipinski definition) is 1. The normalized spacial score (nSPS) is 10.9. The molecule has 136 valence electrons. The first-order valence-electron chi connectivity index (χ1n) is 8.66. The van der Waals surface area contributed by atoms with Crippen molar-refractivity contribution in [1.29, 1.82) is 0 Å². The first-order chi connectivity index (χ1) is 12.5. The summed E-state index contributed by atoms with van der Waals surface area (Å²) in [6.45, 7) is 4.84. The second kappa shape index (κ2) is 7.62. The molecule has 0 fully saturated rings. The number of esters is 1. The Hall–Kier alpha value is -2.79. The van der Waals surface area contributed by atoms with Gasteiger partial charge in [-0.1, -0.05) is 12.1 Å². The molecule has 5 heteroatoms. The molecule has 26 heavy (non-hydrogen) atoms. The van der Waals surface area contributed by atoms with E-state index >= 15 is 0 Å². The fourth-order valence-corrected chi connectivity index (χ4v) is 3.34. The van der Waals surface area contributed by atoms with Gasteiger partial charge in [0.2, 0.25) is 0 Å². The van der Waals surface area contributed by atoms with Gasteiger partial charge in [-0.15, -0.1) is 0 Å². The van der Waals surface area contributed by atoms with E-state index in [-0.39, 0.29) is 5.97 Å². The van der Waals surface area contributed by atoms with Crippen LogP contribution in [0, 0.1) is 6.92 Å². The molecule has 5 nitrogen and oxygen atoms in total. The van der Waals surface area contributed by atoms with Gasteiger partial charge in [-0.25, -0.2) is 0 Å². The Kier molecular flexibility index (Phi) is 5.28. The largest absolute Gasteiger partial charge is 0.497 e. The predicted molar refractivity (Wildman–Crippen MR) is 103 cm³/mol. The van der Waals surface area contributed by atoms with Gasteiger partial charge in [0.05, 0.1) is 7.11 Å². The van der Waals surface area contributed by atoms with Gasteiger partial charge < -0.3 is 19.8 Å². The SMILES string of the molecule is COc1ccc(Cn2c(C)c(CCN)c3cc(OC(C)=O)ccc32)cc1. The van der Waals surface area contributed by atoms with E-state index in [1.54, 1.807) is 7.11 Å². The Morgan fingerprint density at radius 3 is 2.42 bits per heavy atom. The van der Waals surface area contributed by atoms with Gasteiger partial charge in [0.25, 0.3) is 0 Å². The summed E-state index contributed by atoms with van der Waals surface area (Å²) in [5.74, 6) is 1.08. The highest BCUT2D eigenvalue weighted by Gasteiger charge is 2.15. The van der Waals surface area contributed by atoms with Crippen molar-refractivity contribution in [2.45, 2.75) is 26.8 Å². The summed E-state index contributed by atoms with van der Waals surface area (Å²) in [5, 5.41) is 1.08. The van der Waals surface area contributed by atoms with Crippen molar-refractivity contribution in [2.24, 2.45) is 5.73 Å². The third kappa shape index (κ3) is 3.58. The van der Waals surface area contributed by atoms with Gasteiger partial charge >= 0.3 is 5.97 Å². The van der Waals surface area contributed by atoms with Gasteiger partial charge in [-0.05, 0) is 61.3 Å². The Morgan fingerprint density at radius 1 is 1.12 bits per heavy atom. The van der Waals surface area contributed by atoms with Crippen molar-refractivity contribution < 1.29 is 14.3 Å². The maximum Gasteiger partial charge on any atom is 0.308 e. The molecule has 1 heterocycles. The van der Waals surface area contributed by atoms with Gasteiger partial charge in [-0.3, -0.25) is 4.79 Å². The number of nitrogens with zero attached hydrogens (tertiary/aromatic N) is 1. The summed E-state index contributed by atoms with van der Waals surface area (Å²) >= 11 is 0. The number of methoxy groups -OCH3 is 1. The average molecular weight is 352 g/mol. The molecule has 0 saturated heterocycles. The number of aromatic nitrogens is 1. The van der Waals surface area contributed by atoms with Crippen molar-refractivity contribution in [2.75, 3.05) is 13.7 Å². The van der Waals surface area contributed by atoms with Crippen molar-refractivity contribution in [3.05, 3.63) is 59.3 Å². The minimum atomic E-state index is -0.320. The molecule has 0 unspecified atom stereocenters. The molecule has 3 rings (SSSR count). The smallest absolute Gasteiger partial charge is 0.308 e. The van der Waals surface area contributed by atoms with E-state index in [0.29, 0.717) is 12.3 Å². The van der Waals surface area contributed by atoms with Crippen LogP contribution in [0.3, 0.4) is 0 Å². The Bertz CT molecular complexity index is 927. The Morgan fingerprint density at radius 2 is 1.81 bits per heavy atom. The molecular weight excluding hydrogens is 328 g/mol. The first kappa shape index (κ1) is 18.0. The number of carbonyl (C=O) groups is 1. The lowest BCUT2D eigenvalue weighted by molar-refractivity contribution is -0.131. The second-order valence-corrected chi connectivity index (χ2v) is 6.31. The summed E-state index contributed by atoms with van der Waals surface area (Å²) in [4.78, 5) is 11.3. The zero-order chi connectivity index (χ0) is 18.7. The molecule has 0 aliphatic heterocycles. The third-order valence-corrected chi connectivity index (χ3v) is 4.58. The average Bonchev–Trinajstić information content (AvgIpc) is 2.87. The van der Waals surface area contributed by atoms with Crippen LogP contribution in [0.2, 0.25) is 0 Å². The number of hydrogen-bond acceptors (Lipinski definition) is 4. The van der Waals surface area contributed by atoms with Gasteiger partial charge in [0.1, 0.15) is 11.5 Å². The molecule has 0 atom stereocenters. The number of rotatable bonds is 6. The Labute approximate surface area is 153 Å². The lowest BCUT2D eigenvalue weighted by Gasteiger charge is -2.10. The number of carbonyl (C=O) groups excluding carboxylic acids is 1. The van der Waals surface area contributed by atoms with Crippen LogP contribution < -0.4 is 15.2 Å². The topological polar surface area (TPSA) is 66.5 Å². The molecule has 0 amide bonds. The molecule has 1 aromatic heterocycles. The number of fused-ring (bicyclic) bond motifs is 1. The van der Waals surface area contributed by atoms with Crippen LogP contribution in [0.5, 0.6) is 11.5 Å². The van der Waals surface area contributed by atoms with Crippen LogP contribution in [0.4, 0.5) is 0 Å². The van der Waals surface area contributed by atoms with Gasteiger partial charge in [-0.2, -0.15) is 0 Å². The summed E-state index contributed by atoms with van der Waals surface area (Å²) in [6.07, 6.45) is 0.779. The van der Waals surface area contributed by atoms with E-state index in [4.69, 9.17) is 15.2 Å². The minimum absolute atomic E-state index is 0.320. The van der Waals surface area contributed by atoms with Crippen LogP contribution in [-0.2, 0) is 17.8 Å². The standard InChI is InChI=1S/C21H24N2O3/c1-14-19(10-11-22)20-12-18(26-15(2)24)8-9-21(20)23(14)13-16-4-6-17(25-3)7-5-16/h4-9,12H,10-11,13,22H2,1-3H3. The lowest BCUT2D eigenvalue weighted by atomic mass is 10.1. The van der Waals surface area contributed by atoms with E-state index in [1.807, 2.05) is 30.3 Å². The predicted octanol–water partition coefficient (Wildman–Crippen LogP) is 3.43. The van der Waals surface area contributed by atoms with E-state index in [2.05, 4.69) is 23.6 Å². The molecule has 3 aromatic rings. The molecule has 0 saturated carbocycles. The van der Waals surface area contributed by atoms with E-state index in [0.717, 1.165) is 29.6 Å². The summed E-state index contributed by atoms with van der Waals surface area (Å²) in [5.41, 5.74) is 10.5. The highest BCUT2D eigenvalue weighted by Crippen LogP contribution is 2.30. The zero-order valence-corrected chi connectivity index (χ0v) is 15.4. The fourth-order valence-electron chi connectivity index (χ4n) is 3.34. The van der Waals surface area contributed by atoms with Gasteiger partial charge in [0, 0.05) is 30.1 Å². The molecule has 0 aliphatic rings. The zero-order valence-electron chi connectivity index (χ0n) is 15.4. The maximum atomic E-state index is 11.3. The van der Waals surface area contributed by atoms with E-state index in [1.165, 1.54) is 23.7 Å². The molecule has 2 N–H and O–H groups in total. The molecule has 0 radical (unpaired) electrons. The van der Waals surface area contributed by atoms with Crippen LogP contribution in [0.25, 0.3) is 10.9 Å². The van der Waals surface area contributed by atoms with Crippen LogP contribution in [0.15, 0.2) is 42.5 Å². The van der Waals surface area contributed by atoms with E-state index in [9.17, 15) is 4.79 Å². The van der Waals surface area contributed by atoms with Crippen LogP contribution in [-0.4, -0.2) is 24.2 Å². The highest BCUT2D eigenvalue weighted by molar-refractivity contribution is 5.87. The number of nitrogens with two attached hydrogens (primary N) is 1. The number of ether oxygens (including phenoxy) is 2. The number of benzene rings is 2. The molecular formula is C21H24N2O3. The third-order valence-electron chi connectivity index (χ3n) is 4.58. The summed E-state index contributed by atoms with van der Waals surface area (Å²) < 4.78 is 12.8. The Balaban J connectivity index is 2.05. The summed E-state index contributed by atoms with van der Waals surface area (Å²) in [7, 11) is 1.67.